The molecule has 2 aromatic rings. The van der Waals surface area contributed by atoms with Crippen LogP contribution in [0.2, 0.25) is 5.02 Å². The molecule has 128 valence electrons. The van der Waals surface area contributed by atoms with E-state index in [1.807, 2.05) is 12.3 Å². The molecule has 1 aliphatic heterocycles. The molecule has 0 spiro atoms. The molecule has 1 aliphatic carbocycles. The van der Waals surface area contributed by atoms with E-state index in [1.54, 1.807) is 0 Å². The van der Waals surface area contributed by atoms with Crippen molar-refractivity contribution in [2.75, 3.05) is 20.1 Å². The Hall–Kier alpha value is -1.12. The van der Waals surface area contributed by atoms with E-state index in [4.69, 9.17) is 11.6 Å². The van der Waals surface area contributed by atoms with Gasteiger partial charge >= 0.3 is 0 Å². The molecule has 0 N–H and O–H groups in total. The molecule has 0 amide bonds. The van der Waals surface area contributed by atoms with Crippen molar-refractivity contribution in [1.82, 2.24) is 9.88 Å². The van der Waals surface area contributed by atoms with Gasteiger partial charge in [-0.3, -0.25) is 4.98 Å². The summed E-state index contributed by atoms with van der Waals surface area (Å²) in [6, 6.07) is 8.64. The number of hydrogen-bond donors (Lipinski definition) is 0. The molecule has 2 heterocycles. The van der Waals surface area contributed by atoms with Crippen molar-refractivity contribution >= 4 is 22.5 Å². The monoisotopic (exact) mass is 342 g/mol. The molecule has 1 aromatic heterocycles. The Morgan fingerprint density at radius 3 is 2.62 bits per heavy atom. The minimum absolute atomic E-state index is 0.294. The predicted octanol–water partition coefficient (Wildman–Crippen LogP) is 5.43. The summed E-state index contributed by atoms with van der Waals surface area (Å²) in [5.74, 6) is 0.803. The second kappa shape index (κ2) is 6.65. The standard InChI is InChI=1S/C21H27ClN2/c1-24-12-9-21(10-13-24,16-6-3-2-4-7-16)17-14-19(22)18-8-5-11-23-20(18)15-17/h5,8,11,14-16H,2-4,6-7,9-10,12-13H2,1H3. The molecule has 1 saturated heterocycles. The minimum atomic E-state index is 0.294. The third kappa shape index (κ3) is 2.84. The molecule has 1 saturated carbocycles. The number of fused-ring (bicyclic) bond motifs is 1. The van der Waals surface area contributed by atoms with Gasteiger partial charge in [-0.15, -0.1) is 0 Å². The van der Waals surface area contributed by atoms with Crippen LogP contribution in [0.15, 0.2) is 30.5 Å². The normalized spacial score (nSPS) is 22.8. The summed E-state index contributed by atoms with van der Waals surface area (Å²) in [7, 11) is 2.25. The van der Waals surface area contributed by atoms with Crippen molar-refractivity contribution in [3.05, 3.63) is 41.0 Å². The van der Waals surface area contributed by atoms with Crippen molar-refractivity contribution in [2.45, 2.75) is 50.4 Å². The van der Waals surface area contributed by atoms with E-state index in [-0.39, 0.29) is 0 Å². The molecule has 3 heteroatoms. The van der Waals surface area contributed by atoms with Crippen LogP contribution >= 0.6 is 11.6 Å². The van der Waals surface area contributed by atoms with Crippen molar-refractivity contribution in [3.63, 3.8) is 0 Å². The van der Waals surface area contributed by atoms with E-state index in [2.05, 4.69) is 35.1 Å². The second-order valence-electron chi connectivity index (χ2n) is 7.82. The van der Waals surface area contributed by atoms with Crippen molar-refractivity contribution in [1.29, 1.82) is 0 Å². The summed E-state index contributed by atoms with van der Waals surface area (Å²) in [6.45, 7) is 2.38. The lowest BCUT2D eigenvalue weighted by Crippen LogP contribution is -2.46. The van der Waals surface area contributed by atoms with Crippen molar-refractivity contribution < 1.29 is 0 Å². The van der Waals surface area contributed by atoms with Crippen LogP contribution in [-0.2, 0) is 5.41 Å². The molecule has 4 rings (SSSR count). The number of likely N-dealkylation sites (tertiary alicyclic amines) is 1. The molecule has 24 heavy (non-hydrogen) atoms. The van der Waals surface area contributed by atoms with Gasteiger partial charge in [-0.2, -0.15) is 0 Å². The molecule has 1 aromatic carbocycles. The maximum Gasteiger partial charge on any atom is 0.0719 e. The van der Waals surface area contributed by atoms with Gasteiger partial charge in [0.2, 0.25) is 0 Å². The number of nitrogens with zero attached hydrogens (tertiary/aromatic N) is 2. The van der Waals surface area contributed by atoms with E-state index in [0.717, 1.165) is 21.8 Å². The molecule has 2 nitrogen and oxygen atoms in total. The highest BCUT2D eigenvalue weighted by Gasteiger charge is 2.42. The van der Waals surface area contributed by atoms with Gasteiger partial charge in [-0.05, 0) is 81.6 Å². The number of piperidine rings is 1. The fourth-order valence-electron chi connectivity index (χ4n) is 5.03. The van der Waals surface area contributed by atoms with Gasteiger partial charge < -0.3 is 4.90 Å². The number of aromatic nitrogens is 1. The number of rotatable bonds is 2. The number of pyridine rings is 1. The van der Waals surface area contributed by atoms with Crippen molar-refractivity contribution in [2.24, 2.45) is 5.92 Å². The Labute approximate surface area is 150 Å². The predicted molar refractivity (Wildman–Crippen MR) is 102 cm³/mol. The molecular weight excluding hydrogens is 316 g/mol. The van der Waals surface area contributed by atoms with Gasteiger partial charge in [0.05, 0.1) is 10.5 Å². The Morgan fingerprint density at radius 2 is 1.88 bits per heavy atom. The molecule has 0 radical (unpaired) electrons. The quantitative estimate of drug-likeness (QED) is 0.723. The highest BCUT2D eigenvalue weighted by molar-refractivity contribution is 6.35. The van der Waals surface area contributed by atoms with Crippen LogP contribution in [0.5, 0.6) is 0 Å². The van der Waals surface area contributed by atoms with Crippen LogP contribution < -0.4 is 0 Å². The Bertz CT molecular complexity index is 713. The fraction of sp³-hybridized carbons (Fsp3) is 0.571. The number of halogens is 1. The largest absolute Gasteiger partial charge is 0.306 e. The summed E-state index contributed by atoms with van der Waals surface area (Å²) >= 11 is 6.66. The average molecular weight is 343 g/mol. The summed E-state index contributed by atoms with van der Waals surface area (Å²) in [4.78, 5) is 7.07. The highest BCUT2D eigenvalue weighted by atomic mass is 35.5. The third-order valence-electron chi connectivity index (χ3n) is 6.51. The van der Waals surface area contributed by atoms with Gasteiger partial charge in [-0.25, -0.2) is 0 Å². The van der Waals surface area contributed by atoms with Crippen molar-refractivity contribution in [3.8, 4) is 0 Å². The summed E-state index contributed by atoms with van der Waals surface area (Å²) in [5, 5.41) is 1.94. The smallest absolute Gasteiger partial charge is 0.0719 e. The first kappa shape index (κ1) is 16.4. The first-order chi connectivity index (χ1) is 11.7. The zero-order chi connectivity index (χ0) is 16.6. The van der Waals surface area contributed by atoms with Gasteiger partial charge in [0.1, 0.15) is 0 Å². The molecule has 2 fully saturated rings. The first-order valence-electron chi connectivity index (χ1n) is 9.42. The third-order valence-corrected chi connectivity index (χ3v) is 6.82. The topological polar surface area (TPSA) is 16.1 Å². The Balaban J connectivity index is 1.81. The summed E-state index contributed by atoms with van der Waals surface area (Å²) < 4.78 is 0. The van der Waals surface area contributed by atoms with Gasteiger partial charge in [0.15, 0.2) is 0 Å². The van der Waals surface area contributed by atoms with Gasteiger partial charge in [-0.1, -0.05) is 30.9 Å². The number of hydrogen-bond acceptors (Lipinski definition) is 2. The van der Waals surface area contributed by atoms with Crippen LogP contribution in [0.4, 0.5) is 0 Å². The average Bonchev–Trinajstić information content (AvgIpc) is 2.63. The Morgan fingerprint density at radius 1 is 1.12 bits per heavy atom. The summed E-state index contributed by atoms with van der Waals surface area (Å²) in [5.41, 5.74) is 2.79. The van der Waals surface area contributed by atoms with E-state index in [9.17, 15) is 0 Å². The SMILES string of the molecule is CN1CCC(c2cc(Cl)c3cccnc3c2)(C2CCCCC2)CC1. The van der Waals surface area contributed by atoms with Gasteiger partial charge in [0.25, 0.3) is 0 Å². The Kier molecular flexibility index (Phi) is 4.53. The molecular formula is C21H27ClN2. The lowest BCUT2D eigenvalue weighted by molar-refractivity contribution is 0.106. The lowest BCUT2D eigenvalue weighted by Gasteiger charge is -2.48. The second-order valence-corrected chi connectivity index (χ2v) is 8.23. The zero-order valence-electron chi connectivity index (χ0n) is 14.6. The first-order valence-corrected chi connectivity index (χ1v) is 9.80. The minimum Gasteiger partial charge on any atom is -0.306 e. The van der Waals surface area contributed by atoms with Gasteiger partial charge in [0, 0.05) is 17.0 Å². The van der Waals surface area contributed by atoms with E-state index in [1.165, 1.54) is 63.6 Å². The van der Waals surface area contributed by atoms with E-state index >= 15 is 0 Å². The molecule has 0 unspecified atom stereocenters. The number of benzene rings is 1. The van der Waals surface area contributed by atoms with E-state index < -0.39 is 0 Å². The fourth-order valence-corrected chi connectivity index (χ4v) is 5.31. The van der Waals surface area contributed by atoms with Crippen LogP contribution in [0.3, 0.4) is 0 Å². The zero-order valence-corrected chi connectivity index (χ0v) is 15.4. The van der Waals surface area contributed by atoms with Crippen LogP contribution in [0.1, 0.15) is 50.5 Å². The molecule has 0 atom stereocenters. The summed E-state index contributed by atoms with van der Waals surface area (Å²) in [6.07, 6.45) is 11.3. The maximum atomic E-state index is 6.66. The molecule has 2 aliphatic rings. The lowest BCUT2D eigenvalue weighted by atomic mass is 9.60. The maximum absolute atomic E-state index is 6.66. The van der Waals surface area contributed by atoms with E-state index in [0.29, 0.717) is 5.41 Å². The van der Waals surface area contributed by atoms with Crippen LogP contribution in [0, 0.1) is 5.92 Å². The van der Waals surface area contributed by atoms with Crippen LogP contribution in [-0.4, -0.2) is 30.0 Å². The van der Waals surface area contributed by atoms with Crippen LogP contribution in [0.25, 0.3) is 10.9 Å². The molecule has 0 bridgehead atoms. The highest BCUT2D eigenvalue weighted by Crippen LogP contribution is 2.48.